The number of pyridine rings is 2. The number of hydrogen-bond acceptors (Lipinski definition) is 7. The smallest absolute Gasteiger partial charge is 0.251 e. The third-order valence-electron chi connectivity index (χ3n) is 7.24. The molecule has 2 aromatic heterocycles. The molecule has 1 unspecified atom stereocenters. The molecular formula is C25H30Cl2FN5O3. The lowest BCUT2D eigenvalue weighted by atomic mass is 9.96. The van der Waals surface area contributed by atoms with E-state index in [2.05, 4.69) is 20.5 Å². The first kappa shape index (κ1) is 26.6. The third kappa shape index (κ3) is 4.90. The third-order valence-corrected chi connectivity index (χ3v) is 7.24. The summed E-state index contributed by atoms with van der Waals surface area (Å²) in [6.45, 7) is 4.36. The lowest BCUT2D eigenvalue weighted by Crippen LogP contribution is -2.53. The van der Waals surface area contributed by atoms with Crippen molar-refractivity contribution < 1.29 is 14.2 Å². The monoisotopic (exact) mass is 537 g/mol. The van der Waals surface area contributed by atoms with E-state index in [0.29, 0.717) is 43.9 Å². The largest absolute Gasteiger partial charge is 0.488 e. The van der Waals surface area contributed by atoms with Gasteiger partial charge < -0.3 is 25.0 Å². The zero-order valence-electron chi connectivity index (χ0n) is 19.7. The highest BCUT2D eigenvalue weighted by Crippen LogP contribution is 2.35. The van der Waals surface area contributed by atoms with Gasteiger partial charge in [0.2, 0.25) is 0 Å². The molecule has 0 spiro atoms. The molecule has 0 aliphatic carbocycles. The highest BCUT2D eigenvalue weighted by Gasteiger charge is 2.33. The Labute approximate surface area is 220 Å². The number of rotatable bonds is 5. The van der Waals surface area contributed by atoms with E-state index in [1.54, 1.807) is 29.0 Å². The summed E-state index contributed by atoms with van der Waals surface area (Å²) >= 11 is 0. The van der Waals surface area contributed by atoms with E-state index in [9.17, 15) is 14.3 Å². The highest BCUT2D eigenvalue weighted by molar-refractivity contribution is 5.86. The Hall–Kier alpha value is -2.43. The van der Waals surface area contributed by atoms with Gasteiger partial charge in [-0.05, 0) is 42.6 Å². The van der Waals surface area contributed by atoms with Gasteiger partial charge in [0.1, 0.15) is 12.4 Å². The molecule has 11 heteroatoms. The number of halogens is 3. The summed E-state index contributed by atoms with van der Waals surface area (Å²) in [6.07, 6.45) is 1.97. The standard InChI is InChI=1S/C25H28FN5O3.2ClH/c26-18-3-1-15-2-4-23(33)31-13-16(24(18)25(15)31)12-30-7-5-19(21(32)14-30)29-10-17-9-20-22(11-28-17)34-8-6-27-20;;/h1-4,9,11,16,19,21,27,29,32H,5-8,10,12-14H2;2*1H/t16?,19-,21+;;/m0../s1. The van der Waals surface area contributed by atoms with Gasteiger partial charge in [0.05, 0.1) is 29.2 Å². The highest BCUT2D eigenvalue weighted by atomic mass is 35.5. The van der Waals surface area contributed by atoms with Crippen molar-refractivity contribution >= 4 is 41.4 Å². The zero-order valence-corrected chi connectivity index (χ0v) is 21.3. The normalized spacial score (nSPS) is 22.7. The second kappa shape index (κ2) is 10.9. The predicted molar refractivity (Wildman–Crippen MR) is 141 cm³/mol. The molecular weight excluding hydrogens is 508 g/mol. The molecule has 1 saturated heterocycles. The number of ether oxygens (including phenoxy) is 1. The Bertz CT molecular complexity index is 1310. The first-order valence-corrected chi connectivity index (χ1v) is 11.9. The Morgan fingerprint density at radius 2 is 2.06 bits per heavy atom. The number of aliphatic hydroxyl groups excluding tert-OH is 1. The van der Waals surface area contributed by atoms with Gasteiger partial charge in [-0.25, -0.2) is 4.39 Å². The Morgan fingerprint density at radius 1 is 1.22 bits per heavy atom. The molecule has 3 aliphatic rings. The fourth-order valence-electron chi connectivity index (χ4n) is 5.56. The topological polar surface area (TPSA) is 91.7 Å². The van der Waals surface area contributed by atoms with Crippen LogP contribution in [0.2, 0.25) is 0 Å². The van der Waals surface area contributed by atoms with Crippen LogP contribution in [0.15, 0.2) is 41.3 Å². The molecule has 3 aliphatic heterocycles. The number of aliphatic hydroxyl groups is 1. The maximum atomic E-state index is 14.8. The molecule has 0 bridgehead atoms. The molecule has 3 N–H and O–H groups in total. The molecule has 6 rings (SSSR count). The van der Waals surface area contributed by atoms with E-state index >= 15 is 0 Å². The van der Waals surface area contributed by atoms with Gasteiger partial charge in [0.25, 0.3) is 5.56 Å². The van der Waals surface area contributed by atoms with Crippen molar-refractivity contribution in [2.75, 3.05) is 38.1 Å². The number of nitrogens with zero attached hydrogens (tertiary/aromatic N) is 3. The number of hydrogen-bond donors (Lipinski definition) is 3. The number of fused-ring (bicyclic) bond motifs is 1. The summed E-state index contributed by atoms with van der Waals surface area (Å²) in [5.41, 5.74) is 3.09. The van der Waals surface area contributed by atoms with Crippen LogP contribution in [0.1, 0.15) is 23.6 Å². The van der Waals surface area contributed by atoms with Crippen molar-refractivity contribution in [2.45, 2.75) is 37.6 Å². The minimum atomic E-state index is -0.542. The summed E-state index contributed by atoms with van der Waals surface area (Å²) < 4.78 is 22.0. The van der Waals surface area contributed by atoms with Crippen LogP contribution in [0, 0.1) is 5.82 Å². The van der Waals surface area contributed by atoms with Gasteiger partial charge in [0.15, 0.2) is 5.75 Å². The lowest BCUT2D eigenvalue weighted by Gasteiger charge is -2.37. The van der Waals surface area contributed by atoms with E-state index in [4.69, 9.17) is 4.74 Å². The van der Waals surface area contributed by atoms with Crippen LogP contribution in [0.5, 0.6) is 5.75 Å². The molecule has 5 heterocycles. The molecule has 1 fully saturated rings. The van der Waals surface area contributed by atoms with E-state index in [0.717, 1.165) is 42.0 Å². The van der Waals surface area contributed by atoms with Crippen LogP contribution in [0.4, 0.5) is 10.1 Å². The number of piperidine rings is 1. The van der Waals surface area contributed by atoms with Crippen molar-refractivity contribution in [3.63, 3.8) is 0 Å². The van der Waals surface area contributed by atoms with Crippen molar-refractivity contribution in [3.8, 4) is 5.75 Å². The SMILES string of the molecule is Cl.Cl.O=c1ccc2ccc(F)c3c2n1CC3CN1CC[C@H](NCc2cc3c(cn2)OCCN3)[C@H](O)C1. The molecule has 0 radical (unpaired) electrons. The molecule has 36 heavy (non-hydrogen) atoms. The molecule has 0 saturated carbocycles. The van der Waals surface area contributed by atoms with E-state index in [1.165, 1.54) is 6.07 Å². The molecule has 3 aromatic rings. The van der Waals surface area contributed by atoms with E-state index in [1.807, 2.05) is 6.07 Å². The van der Waals surface area contributed by atoms with Gasteiger partial charge in [-0.1, -0.05) is 0 Å². The molecule has 1 aromatic carbocycles. The number of aromatic nitrogens is 2. The Kier molecular flexibility index (Phi) is 8.06. The van der Waals surface area contributed by atoms with Crippen LogP contribution in [0.3, 0.4) is 0 Å². The second-order valence-electron chi connectivity index (χ2n) is 9.43. The lowest BCUT2D eigenvalue weighted by molar-refractivity contribution is 0.0367. The van der Waals surface area contributed by atoms with Crippen molar-refractivity contribution in [1.29, 1.82) is 0 Å². The van der Waals surface area contributed by atoms with Gasteiger partial charge in [0, 0.05) is 56.3 Å². The molecule has 8 nitrogen and oxygen atoms in total. The van der Waals surface area contributed by atoms with E-state index in [-0.39, 0.29) is 48.2 Å². The zero-order chi connectivity index (χ0) is 23.2. The minimum Gasteiger partial charge on any atom is -0.488 e. The summed E-state index contributed by atoms with van der Waals surface area (Å²) in [6, 6.07) is 8.48. The summed E-state index contributed by atoms with van der Waals surface area (Å²) in [5, 5.41) is 18.5. The van der Waals surface area contributed by atoms with Crippen molar-refractivity contribution in [2.24, 2.45) is 0 Å². The second-order valence-corrected chi connectivity index (χ2v) is 9.43. The van der Waals surface area contributed by atoms with Gasteiger partial charge in [-0.15, -0.1) is 24.8 Å². The van der Waals surface area contributed by atoms with Crippen LogP contribution in [0.25, 0.3) is 10.9 Å². The number of β-amino-alcohol motifs (C(OH)–C–C–N with tert-alkyl or cyclic N) is 1. The fraction of sp³-hybridized carbons (Fsp3) is 0.440. The number of likely N-dealkylation sites (tertiary alicyclic amines) is 1. The number of anilines is 1. The van der Waals surface area contributed by atoms with Gasteiger partial charge in [-0.3, -0.25) is 14.7 Å². The molecule has 0 amide bonds. The first-order chi connectivity index (χ1) is 16.6. The maximum absolute atomic E-state index is 14.8. The molecule has 3 atom stereocenters. The van der Waals surface area contributed by atoms with Crippen molar-refractivity contribution in [1.82, 2.24) is 19.8 Å². The quantitative estimate of drug-likeness (QED) is 0.460. The van der Waals surface area contributed by atoms with Crippen LogP contribution in [-0.4, -0.2) is 64.5 Å². The van der Waals surface area contributed by atoms with Crippen LogP contribution in [-0.2, 0) is 13.1 Å². The van der Waals surface area contributed by atoms with Gasteiger partial charge >= 0.3 is 0 Å². The molecule has 194 valence electrons. The minimum absolute atomic E-state index is 0. The summed E-state index contributed by atoms with van der Waals surface area (Å²) in [7, 11) is 0. The van der Waals surface area contributed by atoms with Crippen molar-refractivity contribution in [3.05, 3.63) is 64.0 Å². The number of benzene rings is 1. The maximum Gasteiger partial charge on any atom is 0.251 e. The van der Waals surface area contributed by atoms with Gasteiger partial charge in [-0.2, -0.15) is 0 Å². The average molecular weight is 538 g/mol. The van der Waals surface area contributed by atoms with E-state index < -0.39 is 6.10 Å². The summed E-state index contributed by atoms with van der Waals surface area (Å²) in [4.78, 5) is 19.0. The first-order valence-electron chi connectivity index (χ1n) is 11.9. The Balaban J connectivity index is 0.00000152. The summed E-state index contributed by atoms with van der Waals surface area (Å²) in [5.74, 6) is 0.403. The Morgan fingerprint density at radius 3 is 2.89 bits per heavy atom. The average Bonchev–Trinajstić information content (AvgIpc) is 3.23. The fourth-order valence-corrected chi connectivity index (χ4v) is 5.56. The predicted octanol–water partition coefficient (Wildman–Crippen LogP) is 2.51. The van der Waals surface area contributed by atoms with Crippen LogP contribution < -0.4 is 20.9 Å². The van der Waals surface area contributed by atoms with Crippen LogP contribution >= 0.6 is 24.8 Å². The number of nitrogens with one attached hydrogen (secondary N) is 2.